The van der Waals surface area contributed by atoms with Gasteiger partial charge >= 0.3 is 0 Å². The number of para-hydroxylation sites is 1. The van der Waals surface area contributed by atoms with Crippen molar-refractivity contribution in [3.63, 3.8) is 0 Å². The fourth-order valence-electron chi connectivity index (χ4n) is 6.26. The van der Waals surface area contributed by atoms with E-state index >= 15 is 0 Å². The van der Waals surface area contributed by atoms with Gasteiger partial charge in [0.25, 0.3) is 0 Å². The van der Waals surface area contributed by atoms with E-state index in [4.69, 9.17) is 4.74 Å². The number of benzene rings is 3. The lowest BCUT2D eigenvalue weighted by molar-refractivity contribution is -0.132. The zero-order valence-electron chi connectivity index (χ0n) is 23.3. The van der Waals surface area contributed by atoms with Crippen LogP contribution in [-0.4, -0.2) is 53.9 Å². The van der Waals surface area contributed by atoms with Gasteiger partial charge in [0.1, 0.15) is 5.75 Å². The number of methoxy groups -OCH3 is 1. The van der Waals surface area contributed by atoms with Gasteiger partial charge in [0.2, 0.25) is 11.8 Å². The minimum absolute atomic E-state index is 0.0393. The van der Waals surface area contributed by atoms with Crippen LogP contribution in [-0.2, 0) is 29.1 Å². The summed E-state index contributed by atoms with van der Waals surface area (Å²) in [7, 11) is 1.67. The molecule has 204 valence electrons. The molecule has 2 heterocycles. The molecule has 0 aliphatic carbocycles. The van der Waals surface area contributed by atoms with Crippen LogP contribution < -0.4 is 9.64 Å². The van der Waals surface area contributed by atoms with Gasteiger partial charge in [0, 0.05) is 50.9 Å². The largest absolute Gasteiger partial charge is 0.496 e. The molecule has 2 bridgehead atoms. The van der Waals surface area contributed by atoms with E-state index in [1.54, 1.807) is 14.0 Å². The molecule has 0 aromatic heterocycles. The van der Waals surface area contributed by atoms with Crippen LogP contribution in [0.1, 0.15) is 48.4 Å². The molecular weight excluding hydrogens is 486 g/mol. The summed E-state index contributed by atoms with van der Waals surface area (Å²) in [4.78, 5) is 33.3. The van der Waals surface area contributed by atoms with Crippen molar-refractivity contribution in [2.24, 2.45) is 0 Å². The smallest absolute Gasteiger partial charge is 0.227 e. The molecule has 0 radical (unpaired) electrons. The van der Waals surface area contributed by atoms with Crippen molar-refractivity contribution in [1.29, 1.82) is 0 Å². The Morgan fingerprint density at radius 1 is 0.897 bits per heavy atom. The maximum atomic E-state index is 13.9. The van der Waals surface area contributed by atoms with Crippen LogP contribution >= 0.6 is 0 Å². The highest BCUT2D eigenvalue weighted by molar-refractivity contribution is 5.92. The predicted molar refractivity (Wildman–Crippen MR) is 155 cm³/mol. The van der Waals surface area contributed by atoms with Crippen molar-refractivity contribution in [3.8, 4) is 5.75 Å². The third-order valence-electron chi connectivity index (χ3n) is 8.29. The highest BCUT2D eigenvalue weighted by Gasteiger charge is 2.36. The second-order valence-electron chi connectivity index (χ2n) is 10.9. The van der Waals surface area contributed by atoms with Gasteiger partial charge in [-0.3, -0.25) is 14.5 Å². The first-order chi connectivity index (χ1) is 18.9. The molecule has 3 aromatic rings. The third-order valence-corrected chi connectivity index (χ3v) is 8.29. The van der Waals surface area contributed by atoms with Crippen molar-refractivity contribution in [1.82, 2.24) is 9.80 Å². The second kappa shape index (κ2) is 12.0. The quantitative estimate of drug-likeness (QED) is 0.450. The minimum atomic E-state index is 0.0393. The van der Waals surface area contributed by atoms with E-state index in [-0.39, 0.29) is 17.9 Å². The lowest BCUT2D eigenvalue weighted by atomic mass is 10.0. The van der Waals surface area contributed by atoms with Crippen LogP contribution in [0.3, 0.4) is 0 Å². The third kappa shape index (κ3) is 6.17. The van der Waals surface area contributed by atoms with Crippen molar-refractivity contribution >= 4 is 17.5 Å². The van der Waals surface area contributed by atoms with Crippen LogP contribution in [0.5, 0.6) is 5.75 Å². The van der Waals surface area contributed by atoms with E-state index in [2.05, 4.69) is 35.2 Å². The molecule has 1 saturated heterocycles. The van der Waals surface area contributed by atoms with Crippen molar-refractivity contribution in [2.75, 3.05) is 25.1 Å². The number of aryl methyl sites for hydroxylation is 1. The second-order valence-corrected chi connectivity index (χ2v) is 10.9. The first kappa shape index (κ1) is 26.9. The van der Waals surface area contributed by atoms with Crippen molar-refractivity contribution < 1.29 is 14.3 Å². The molecule has 6 nitrogen and oxygen atoms in total. The molecule has 6 heteroatoms. The van der Waals surface area contributed by atoms with Gasteiger partial charge in [0.05, 0.1) is 13.5 Å². The monoisotopic (exact) mass is 525 g/mol. The highest BCUT2D eigenvalue weighted by Crippen LogP contribution is 2.33. The zero-order chi connectivity index (χ0) is 27.4. The normalized spacial score (nSPS) is 19.8. The number of rotatable bonds is 5. The molecule has 0 saturated carbocycles. The molecule has 5 rings (SSSR count). The van der Waals surface area contributed by atoms with E-state index in [1.165, 1.54) is 5.56 Å². The molecule has 0 N–H and O–H groups in total. The number of carbonyl (C=O) groups is 2. The molecular formula is C33H39N3O3. The van der Waals surface area contributed by atoms with E-state index in [9.17, 15) is 9.59 Å². The van der Waals surface area contributed by atoms with Crippen LogP contribution in [0.25, 0.3) is 0 Å². The van der Waals surface area contributed by atoms with Crippen molar-refractivity contribution in [2.45, 2.75) is 64.7 Å². The lowest BCUT2D eigenvalue weighted by Crippen LogP contribution is -2.45. The summed E-state index contributed by atoms with van der Waals surface area (Å²) in [5.74, 6) is 0.969. The van der Waals surface area contributed by atoms with Crippen LogP contribution in [0.2, 0.25) is 0 Å². The summed E-state index contributed by atoms with van der Waals surface area (Å²) in [5, 5.41) is 0. The van der Waals surface area contributed by atoms with E-state index in [0.29, 0.717) is 32.1 Å². The van der Waals surface area contributed by atoms with E-state index in [1.807, 2.05) is 59.2 Å². The number of anilines is 1. The Hall–Kier alpha value is -3.64. The summed E-state index contributed by atoms with van der Waals surface area (Å²) < 4.78 is 5.42. The summed E-state index contributed by atoms with van der Waals surface area (Å²) in [5.41, 5.74) is 5.21. The van der Waals surface area contributed by atoms with Crippen LogP contribution in [0.4, 0.5) is 5.69 Å². The van der Waals surface area contributed by atoms with Gasteiger partial charge in [-0.15, -0.1) is 0 Å². The number of hydrogen-bond acceptors (Lipinski definition) is 4. The summed E-state index contributed by atoms with van der Waals surface area (Å²) in [6.07, 6.45) is 3.36. The molecule has 2 amide bonds. The standard InChI is InChI=1S/C33H39N3O3/c1-24-19-27(13-16-32(24)39-3)20-33(38)34-22-28-11-7-8-12-31(28)35(25(2)37)18-17-29-14-15-30(23-34)36(29)21-26-9-5-4-6-10-26/h4-13,16,19,29-30H,14-15,17-18,20-23H2,1-3H3/t29-,30+/m0/s1. The first-order valence-electron chi connectivity index (χ1n) is 14.0. The maximum Gasteiger partial charge on any atom is 0.227 e. The Morgan fingerprint density at radius 2 is 1.64 bits per heavy atom. The Balaban J connectivity index is 1.48. The molecule has 1 fully saturated rings. The van der Waals surface area contributed by atoms with Gasteiger partial charge in [-0.1, -0.05) is 60.7 Å². The lowest BCUT2D eigenvalue weighted by Gasteiger charge is -2.34. The summed E-state index contributed by atoms with van der Waals surface area (Å²) in [6, 6.07) is 25.2. The van der Waals surface area contributed by atoms with Crippen molar-refractivity contribution in [3.05, 3.63) is 95.1 Å². The fraction of sp³-hybridized carbons (Fsp3) is 0.394. The fourth-order valence-corrected chi connectivity index (χ4v) is 6.26. The number of amides is 2. The van der Waals surface area contributed by atoms with Crippen LogP contribution in [0, 0.1) is 6.92 Å². The van der Waals surface area contributed by atoms with Gasteiger partial charge in [0.15, 0.2) is 0 Å². The number of hydrogen-bond donors (Lipinski definition) is 0. The van der Waals surface area contributed by atoms with Gasteiger partial charge < -0.3 is 14.5 Å². The number of fused-ring (bicyclic) bond motifs is 3. The molecule has 39 heavy (non-hydrogen) atoms. The Morgan fingerprint density at radius 3 is 2.38 bits per heavy atom. The number of carbonyl (C=O) groups excluding carboxylic acids is 2. The SMILES string of the molecule is COc1ccc(CC(=O)N2Cc3ccccc3N(C(C)=O)CC[C@@H]3CC[C@H](C2)N3Cc2ccccc2)cc1C. The van der Waals surface area contributed by atoms with Gasteiger partial charge in [-0.2, -0.15) is 0 Å². The first-order valence-corrected chi connectivity index (χ1v) is 14.0. The topological polar surface area (TPSA) is 53.1 Å². The zero-order valence-corrected chi connectivity index (χ0v) is 23.3. The Bertz CT molecular complexity index is 1310. The molecule has 3 aromatic carbocycles. The van der Waals surface area contributed by atoms with E-state index < -0.39 is 0 Å². The van der Waals surface area contributed by atoms with Crippen LogP contribution in [0.15, 0.2) is 72.8 Å². The highest BCUT2D eigenvalue weighted by atomic mass is 16.5. The molecule has 2 atom stereocenters. The summed E-state index contributed by atoms with van der Waals surface area (Å²) >= 11 is 0. The molecule has 2 aliphatic heterocycles. The predicted octanol–water partition coefficient (Wildman–Crippen LogP) is 5.36. The molecule has 0 unspecified atom stereocenters. The van der Waals surface area contributed by atoms with E-state index in [0.717, 1.165) is 53.9 Å². The number of nitrogens with zero attached hydrogens (tertiary/aromatic N) is 3. The van der Waals surface area contributed by atoms with Gasteiger partial charge in [-0.25, -0.2) is 0 Å². The number of ether oxygens (including phenoxy) is 1. The minimum Gasteiger partial charge on any atom is -0.496 e. The summed E-state index contributed by atoms with van der Waals surface area (Å²) in [6.45, 7) is 6.33. The maximum absolute atomic E-state index is 13.9. The molecule has 2 aliphatic rings. The average molecular weight is 526 g/mol. The van der Waals surface area contributed by atoms with Gasteiger partial charge in [-0.05, 0) is 60.6 Å². The Kier molecular flexibility index (Phi) is 8.32. The Labute approximate surface area is 232 Å². The molecule has 0 spiro atoms. The average Bonchev–Trinajstić information content (AvgIpc) is 3.29.